The van der Waals surface area contributed by atoms with Crippen LogP contribution in [0, 0.1) is 0 Å². The first-order chi connectivity index (χ1) is 2.77. The Balaban J connectivity index is 3.05. The summed E-state index contributed by atoms with van der Waals surface area (Å²) in [6.07, 6.45) is 1.23. The predicted octanol–water partition coefficient (Wildman–Crippen LogP) is 1.36. The van der Waals surface area contributed by atoms with Crippen LogP contribution in [0.1, 0.15) is 0 Å². The van der Waals surface area contributed by atoms with E-state index in [1.807, 2.05) is 0 Å². The van der Waals surface area contributed by atoms with E-state index in [9.17, 15) is 0 Å². The first-order valence-corrected chi connectivity index (χ1v) is 2.13. The van der Waals surface area contributed by atoms with Crippen LogP contribution >= 0.6 is 24.8 Å². The van der Waals surface area contributed by atoms with Gasteiger partial charge >= 0.3 is 0 Å². The lowest BCUT2D eigenvalue weighted by Crippen LogP contribution is -1.78. The van der Waals surface area contributed by atoms with E-state index in [1.54, 1.807) is 0 Å². The van der Waals surface area contributed by atoms with E-state index >= 15 is 0 Å². The monoisotopic (exact) mass is 120 g/mol. The third-order valence-electron chi connectivity index (χ3n) is 0.184. The molecule has 0 unspecified atom stereocenters. The fourth-order valence-corrected chi connectivity index (χ4v) is 0.214. The molecule has 0 heterocycles. The van der Waals surface area contributed by atoms with Gasteiger partial charge in [0, 0.05) is 0 Å². The second-order valence-electron chi connectivity index (χ2n) is 0.550. The van der Waals surface area contributed by atoms with Gasteiger partial charge in [-0.1, -0.05) is 19.2 Å². The molecule has 1 nitrogen and oxygen atoms in total. The molecular formula is C3H4OS2. The molecule has 0 rings (SSSR count). The van der Waals surface area contributed by atoms with Crippen molar-refractivity contribution < 1.29 is 4.74 Å². The molecule has 0 saturated carbocycles. The summed E-state index contributed by atoms with van der Waals surface area (Å²) < 4.78 is 4.60. The zero-order chi connectivity index (χ0) is 4.99. The first kappa shape index (κ1) is 5.98. The van der Waals surface area contributed by atoms with Gasteiger partial charge in [0.2, 0.25) is 4.38 Å². The van der Waals surface area contributed by atoms with Crippen LogP contribution in [-0.4, -0.2) is 4.38 Å². The number of hydrogen-bond donors (Lipinski definition) is 1. The Kier molecular flexibility index (Phi) is 3.17. The van der Waals surface area contributed by atoms with Crippen molar-refractivity contribution in [1.29, 1.82) is 0 Å². The van der Waals surface area contributed by atoms with Gasteiger partial charge in [0.05, 0.1) is 6.26 Å². The maximum absolute atomic E-state index is 4.40. The van der Waals surface area contributed by atoms with Crippen molar-refractivity contribution in [3.8, 4) is 0 Å². The Morgan fingerprint density at radius 1 is 2.00 bits per heavy atom. The van der Waals surface area contributed by atoms with Crippen molar-refractivity contribution in [2.45, 2.75) is 0 Å². The van der Waals surface area contributed by atoms with Crippen molar-refractivity contribution >= 4 is 29.2 Å². The molecule has 0 saturated heterocycles. The van der Waals surface area contributed by atoms with E-state index in [4.69, 9.17) is 0 Å². The molecular weight excluding hydrogens is 116 g/mol. The van der Waals surface area contributed by atoms with Crippen molar-refractivity contribution in [3.63, 3.8) is 0 Å². The molecule has 34 valence electrons. The molecule has 3 heteroatoms. The number of thiol groups is 1. The summed E-state index contributed by atoms with van der Waals surface area (Å²) >= 11 is 7.98. The number of ether oxygens (including phenoxy) is 1. The summed E-state index contributed by atoms with van der Waals surface area (Å²) in [5.41, 5.74) is 0. The molecule has 0 aromatic rings. The fourth-order valence-electron chi connectivity index (χ4n) is 0.0713. The van der Waals surface area contributed by atoms with E-state index in [0.29, 0.717) is 0 Å². The maximum atomic E-state index is 4.40. The minimum absolute atomic E-state index is 0.199. The van der Waals surface area contributed by atoms with Gasteiger partial charge in [-0.05, 0) is 12.2 Å². The Bertz CT molecular complexity index is 69.2. The molecule has 0 amide bonds. The number of rotatable bonds is 1. The van der Waals surface area contributed by atoms with Crippen LogP contribution in [0.3, 0.4) is 0 Å². The van der Waals surface area contributed by atoms with Crippen molar-refractivity contribution in [1.82, 2.24) is 0 Å². The average molecular weight is 120 g/mol. The molecule has 0 aliphatic carbocycles. The van der Waals surface area contributed by atoms with E-state index in [1.165, 1.54) is 6.26 Å². The van der Waals surface area contributed by atoms with Crippen LogP contribution in [0.25, 0.3) is 0 Å². The van der Waals surface area contributed by atoms with Crippen molar-refractivity contribution in [3.05, 3.63) is 12.8 Å². The van der Waals surface area contributed by atoms with Gasteiger partial charge in [0.15, 0.2) is 0 Å². The van der Waals surface area contributed by atoms with Gasteiger partial charge in [0.1, 0.15) is 0 Å². The van der Waals surface area contributed by atoms with Gasteiger partial charge in [-0.15, -0.1) is 0 Å². The lowest BCUT2D eigenvalue weighted by molar-refractivity contribution is 0.501. The lowest BCUT2D eigenvalue weighted by atomic mass is 11.2. The maximum Gasteiger partial charge on any atom is 0.221 e. The standard InChI is InChI=1S/C3H4OS2/c1-2-4-3(5)6/h2H,1H2,(H,5,6). The van der Waals surface area contributed by atoms with Crippen LogP contribution in [0.4, 0.5) is 0 Å². The fraction of sp³-hybridized carbons (Fsp3) is 0. The summed E-state index contributed by atoms with van der Waals surface area (Å²) in [5, 5.41) is 0. The minimum Gasteiger partial charge on any atom is -0.448 e. The lowest BCUT2D eigenvalue weighted by Gasteiger charge is -1.86. The Labute approximate surface area is 47.4 Å². The Morgan fingerprint density at radius 3 is 2.50 bits per heavy atom. The SMILES string of the molecule is C=COC(=S)S. The largest absolute Gasteiger partial charge is 0.448 e. The van der Waals surface area contributed by atoms with Crippen LogP contribution in [-0.2, 0) is 4.74 Å². The minimum atomic E-state index is 0.199. The van der Waals surface area contributed by atoms with Crippen LogP contribution < -0.4 is 0 Å². The van der Waals surface area contributed by atoms with Gasteiger partial charge in [-0.2, -0.15) is 0 Å². The average Bonchev–Trinajstić information content (AvgIpc) is 1.35. The van der Waals surface area contributed by atoms with Gasteiger partial charge in [-0.3, -0.25) is 0 Å². The Hall–Kier alpha value is -0.0200. The highest BCUT2D eigenvalue weighted by Gasteiger charge is 1.74. The predicted molar refractivity (Wildman–Crippen MR) is 32.9 cm³/mol. The molecule has 0 radical (unpaired) electrons. The van der Waals surface area contributed by atoms with E-state index in [2.05, 4.69) is 36.2 Å². The summed E-state index contributed by atoms with van der Waals surface area (Å²) in [4.78, 5) is 0. The quantitative estimate of drug-likeness (QED) is 0.318. The second-order valence-corrected chi connectivity index (χ2v) is 1.63. The van der Waals surface area contributed by atoms with Gasteiger partial charge in [-0.25, -0.2) is 0 Å². The first-order valence-electron chi connectivity index (χ1n) is 1.28. The molecule has 6 heavy (non-hydrogen) atoms. The molecule has 0 spiro atoms. The van der Waals surface area contributed by atoms with Crippen molar-refractivity contribution in [2.24, 2.45) is 0 Å². The second kappa shape index (κ2) is 3.18. The highest BCUT2D eigenvalue weighted by atomic mass is 32.1. The third-order valence-corrected chi connectivity index (χ3v) is 0.386. The van der Waals surface area contributed by atoms with Crippen LogP contribution in [0.15, 0.2) is 12.8 Å². The zero-order valence-corrected chi connectivity index (χ0v) is 4.76. The molecule has 0 atom stereocenters. The van der Waals surface area contributed by atoms with E-state index in [0.717, 1.165) is 0 Å². The summed E-state index contributed by atoms with van der Waals surface area (Å²) in [5.74, 6) is 0. The molecule has 0 aromatic carbocycles. The van der Waals surface area contributed by atoms with Crippen molar-refractivity contribution in [2.75, 3.05) is 0 Å². The molecule has 0 aliphatic rings. The normalized spacial score (nSPS) is 6.83. The molecule has 0 bridgehead atoms. The summed E-state index contributed by atoms with van der Waals surface area (Å²) in [6, 6.07) is 0. The summed E-state index contributed by atoms with van der Waals surface area (Å²) in [6.45, 7) is 3.24. The van der Waals surface area contributed by atoms with Crippen LogP contribution in [0.2, 0.25) is 0 Å². The molecule has 0 aromatic heterocycles. The topological polar surface area (TPSA) is 9.23 Å². The van der Waals surface area contributed by atoms with Gasteiger partial charge in [0.25, 0.3) is 0 Å². The highest BCUT2D eigenvalue weighted by Crippen LogP contribution is 1.84. The molecule has 0 N–H and O–H groups in total. The highest BCUT2D eigenvalue weighted by molar-refractivity contribution is 8.10. The smallest absolute Gasteiger partial charge is 0.221 e. The van der Waals surface area contributed by atoms with Crippen LogP contribution in [0.5, 0.6) is 0 Å². The van der Waals surface area contributed by atoms with E-state index in [-0.39, 0.29) is 4.38 Å². The molecule has 0 fully saturated rings. The number of hydrogen-bond acceptors (Lipinski definition) is 2. The van der Waals surface area contributed by atoms with Gasteiger partial charge < -0.3 is 4.74 Å². The summed E-state index contributed by atoms with van der Waals surface area (Å²) in [7, 11) is 0. The van der Waals surface area contributed by atoms with E-state index < -0.39 is 0 Å². The third kappa shape index (κ3) is 3.98. The molecule has 0 aliphatic heterocycles. The number of thiocarbonyl (C=S) groups is 1. The zero-order valence-electron chi connectivity index (χ0n) is 3.05. The Morgan fingerprint density at radius 2 is 2.50 bits per heavy atom.